The number of benzene rings is 1. The van der Waals surface area contributed by atoms with E-state index in [2.05, 4.69) is 0 Å². The predicted octanol–water partition coefficient (Wildman–Crippen LogP) is 1.28. The van der Waals surface area contributed by atoms with E-state index in [1.807, 2.05) is 6.07 Å². The molecule has 1 aliphatic carbocycles. The zero-order valence-corrected chi connectivity index (χ0v) is 18.0. The molecular formula is C19H25N3O5S2. The SMILES string of the molecule is CS(=O)(=O)N(CC(=O)N(C1CCCC1)C1CCS(=O)(=O)C1)c1cccc(C#N)c1. The van der Waals surface area contributed by atoms with Gasteiger partial charge >= 0.3 is 0 Å². The molecule has 1 atom stereocenters. The van der Waals surface area contributed by atoms with Crippen LogP contribution < -0.4 is 4.31 Å². The average Bonchev–Trinajstić information content (AvgIpc) is 3.29. The lowest BCUT2D eigenvalue weighted by molar-refractivity contribution is -0.133. The number of rotatable bonds is 6. The highest BCUT2D eigenvalue weighted by Gasteiger charge is 2.40. The van der Waals surface area contributed by atoms with Gasteiger partial charge in [-0.3, -0.25) is 9.10 Å². The van der Waals surface area contributed by atoms with Crippen molar-refractivity contribution in [3.63, 3.8) is 0 Å². The lowest BCUT2D eigenvalue weighted by atomic mass is 10.1. The highest BCUT2D eigenvalue weighted by Crippen LogP contribution is 2.30. The van der Waals surface area contributed by atoms with Crippen LogP contribution in [0, 0.1) is 11.3 Å². The lowest BCUT2D eigenvalue weighted by Crippen LogP contribution is -2.51. The Kier molecular flexibility index (Phi) is 6.19. The van der Waals surface area contributed by atoms with Crippen molar-refractivity contribution in [2.45, 2.75) is 44.2 Å². The number of carbonyl (C=O) groups excluding carboxylic acids is 1. The summed E-state index contributed by atoms with van der Waals surface area (Å²) in [5.41, 5.74) is 0.531. The summed E-state index contributed by atoms with van der Waals surface area (Å²) in [5, 5.41) is 9.10. The van der Waals surface area contributed by atoms with Crippen LogP contribution in [0.4, 0.5) is 5.69 Å². The molecule has 0 spiro atoms. The summed E-state index contributed by atoms with van der Waals surface area (Å²) >= 11 is 0. The van der Waals surface area contributed by atoms with Crippen molar-refractivity contribution in [2.24, 2.45) is 0 Å². The van der Waals surface area contributed by atoms with E-state index in [9.17, 15) is 21.6 Å². The Morgan fingerprint density at radius 2 is 1.90 bits per heavy atom. The number of carbonyl (C=O) groups is 1. The molecule has 2 aliphatic rings. The van der Waals surface area contributed by atoms with E-state index in [1.165, 1.54) is 12.1 Å². The molecule has 1 aliphatic heterocycles. The summed E-state index contributed by atoms with van der Waals surface area (Å²) in [6, 6.07) is 7.57. The van der Waals surface area contributed by atoms with Gasteiger partial charge in [-0.15, -0.1) is 0 Å². The van der Waals surface area contributed by atoms with E-state index in [1.54, 1.807) is 17.0 Å². The first-order chi connectivity index (χ1) is 13.6. The minimum Gasteiger partial charge on any atom is -0.334 e. The number of sulfonamides is 1. The van der Waals surface area contributed by atoms with E-state index in [0.717, 1.165) is 36.2 Å². The second kappa shape index (κ2) is 8.32. The summed E-state index contributed by atoms with van der Waals surface area (Å²) in [5.74, 6) is -0.418. The molecule has 0 radical (unpaired) electrons. The predicted molar refractivity (Wildman–Crippen MR) is 110 cm³/mol. The third-order valence-corrected chi connectivity index (χ3v) is 8.44. The quantitative estimate of drug-likeness (QED) is 0.659. The van der Waals surface area contributed by atoms with Crippen molar-refractivity contribution in [2.75, 3.05) is 28.6 Å². The molecule has 1 saturated carbocycles. The number of nitriles is 1. The Labute approximate surface area is 172 Å². The average molecular weight is 440 g/mol. The lowest BCUT2D eigenvalue weighted by Gasteiger charge is -2.35. The fourth-order valence-electron chi connectivity index (χ4n) is 4.22. The second-order valence-corrected chi connectivity index (χ2v) is 11.9. The molecule has 1 amide bonds. The standard InChI is InChI=1S/C19H25N3O5S2/c1-28(24,25)21(17-8-4-5-15(11-17)12-20)13-19(23)22(16-6-2-3-7-16)18-9-10-29(26,27)14-18/h4-5,8,11,16,18H,2-3,6-7,9-10,13-14H2,1H3. The maximum Gasteiger partial charge on any atom is 0.243 e. The Bertz CT molecular complexity index is 1020. The molecule has 3 rings (SSSR count). The molecule has 29 heavy (non-hydrogen) atoms. The Balaban J connectivity index is 1.90. The van der Waals surface area contributed by atoms with Gasteiger partial charge in [-0.25, -0.2) is 16.8 Å². The molecule has 0 aromatic heterocycles. The topological polar surface area (TPSA) is 116 Å². The zero-order valence-electron chi connectivity index (χ0n) is 16.3. The van der Waals surface area contributed by atoms with E-state index >= 15 is 0 Å². The number of nitrogens with zero attached hydrogens (tertiary/aromatic N) is 3. The van der Waals surface area contributed by atoms with E-state index < -0.39 is 38.4 Å². The summed E-state index contributed by atoms with van der Waals surface area (Å²) in [4.78, 5) is 14.9. The van der Waals surface area contributed by atoms with Gasteiger partial charge in [-0.2, -0.15) is 5.26 Å². The molecule has 1 heterocycles. The van der Waals surface area contributed by atoms with Crippen LogP contribution in [0.5, 0.6) is 0 Å². The van der Waals surface area contributed by atoms with Gasteiger partial charge in [0.05, 0.1) is 35.1 Å². The first-order valence-corrected chi connectivity index (χ1v) is 13.3. The van der Waals surface area contributed by atoms with Crippen LogP contribution in [0.25, 0.3) is 0 Å². The maximum atomic E-state index is 13.3. The van der Waals surface area contributed by atoms with Crippen LogP contribution in [0.1, 0.15) is 37.7 Å². The minimum absolute atomic E-state index is 0.0498. The van der Waals surface area contributed by atoms with Gasteiger partial charge in [-0.05, 0) is 37.5 Å². The second-order valence-electron chi connectivity index (χ2n) is 7.73. The third-order valence-electron chi connectivity index (χ3n) is 5.55. The fraction of sp³-hybridized carbons (Fsp3) is 0.579. The van der Waals surface area contributed by atoms with Crippen LogP contribution in [0.3, 0.4) is 0 Å². The molecular weight excluding hydrogens is 414 g/mol. The molecule has 0 N–H and O–H groups in total. The molecule has 1 saturated heterocycles. The van der Waals surface area contributed by atoms with Crippen molar-refractivity contribution in [3.8, 4) is 6.07 Å². The normalized spacial score (nSPS) is 21.6. The Hall–Kier alpha value is -2.12. The summed E-state index contributed by atoms with van der Waals surface area (Å²) in [6.45, 7) is -0.416. The number of amides is 1. The first kappa shape index (κ1) is 21.6. The zero-order chi connectivity index (χ0) is 21.2. The molecule has 1 unspecified atom stereocenters. The van der Waals surface area contributed by atoms with E-state index in [0.29, 0.717) is 6.42 Å². The van der Waals surface area contributed by atoms with Crippen molar-refractivity contribution in [1.29, 1.82) is 5.26 Å². The molecule has 8 nitrogen and oxygen atoms in total. The highest BCUT2D eigenvalue weighted by atomic mass is 32.2. The van der Waals surface area contributed by atoms with Crippen LogP contribution in [0.15, 0.2) is 24.3 Å². The Morgan fingerprint density at radius 1 is 1.21 bits per heavy atom. The monoisotopic (exact) mass is 439 g/mol. The van der Waals surface area contributed by atoms with Crippen LogP contribution in [-0.2, 0) is 24.7 Å². The minimum atomic E-state index is -3.78. The molecule has 1 aromatic rings. The molecule has 158 valence electrons. The van der Waals surface area contributed by atoms with E-state index in [4.69, 9.17) is 5.26 Å². The van der Waals surface area contributed by atoms with Gasteiger partial charge in [0.1, 0.15) is 6.54 Å². The third kappa shape index (κ3) is 5.08. The molecule has 2 fully saturated rings. The van der Waals surface area contributed by atoms with Crippen molar-refractivity contribution < 1.29 is 21.6 Å². The highest BCUT2D eigenvalue weighted by molar-refractivity contribution is 7.92. The first-order valence-electron chi connectivity index (χ1n) is 9.60. The van der Waals surface area contributed by atoms with E-state index in [-0.39, 0.29) is 28.8 Å². The van der Waals surface area contributed by atoms with Crippen LogP contribution in [0.2, 0.25) is 0 Å². The van der Waals surface area contributed by atoms with Gasteiger partial charge in [0.25, 0.3) is 0 Å². The van der Waals surface area contributed by atoms with Gasteiger partial charge in [0, 0.05) is 12.1 Å². The number of anilines is 1. The molecule has 1 aromatic carbocycles. The largest absolute Gasteiger partial charge is 0.334 e. The summed E-state index contributed by atoms with van der Waals surface area (Å²) in [6.07, 6.45) is 4.92. The van der Waals surface area contributed by atoms with Gasteiger partial charge in [-0.1, -0.05) is 18.9 Å². The van der Waals surface area contributed by atoms with Crippen LogP contribution >= 0.6 is 0 Å². The fourth-order valence-corrected chi connectivity index (χ4v) is 6.77. The number of hydrogen-bond acceptors (Lipinski definition) is 6. The van der Waals surface area contributed by atoms with Gasteiger partial charge in [0.2, 0.25) is 15.9 Å². The summed E-state index contributed by atoms with van der Waals surface area (Å²) < 4.78 is 49.8. The number of hydrogen-bond donors (Lipinski definition) is 0. The smallest absolute Gasteiger partial charge is 0.243 e. The van der Waals surface area contributed by atoms with Gasteiger partial charge in [0.15, 0.2) is 9.84 Å². The number of sulfone groups is 1. The van der Waals surface area contributed by atoms with Crippen molar-refractivity contribution >= 4 is 31.5 Å². The molecule has 0 bridgehead atoms. The van der Waals surface area contributed by atoms with Crippen LogP contribution in [-0.4, -0.2) is 64.0 Å². The maximum absolute atomic E-state index is 13.3. The van der Waals surface area contributed by atoms with Crippen molar-refractivity contribution in [1.82, 2.24) is 4.90 Å². The Morgan fingerprint density at radius 3 is 2.45 bits per heavy atom. The van der Waals surface area contributed by atoms with Crippen molar-refractivity contribution in [3.05, 3.63) is 29.8 Å². The molecule has 10 heteroatoms. The van der Waals surface area contributed by atoms with Gasteiger partial charge < -0.3 is 4.90 Å². The summed E-state index contributed by atoms with van der Waals surface area (Å²) in [7, 11) is -6.97.